The first-order valence-corrected chi connectivity index (χ1v) is 4.16. The van der Waals surface area contributed by atoms with E-state index in [0.29, 0.717) is 5.69 Å². The van der Waals surface area contributed by atoms with Crippen molar-refractivity contribution in [2.75, 3.05) is 5.73 Å². The van der Waals surface area contributed by atoms with E-state index < -0.39 is 0 Å². The van der Waals surface area contributed by atoms with Crippen molar-refractivity contribution in [2.45, 2.75) is 0 Å². The Morgan fingerprint density at radius 2 is 1.86 bits per heavy atom. The number of aromatic nitrogens is 2. The van der Waals surface area contributed by atoms with Gasteiger partial charge in [-0.25, -0.2) is 4.98 Å². The fourth-order valence-electron chi connectivity index (χ4n) is 1.12. The molecule has 4 heteroatoms. The lowest BCUT2D eigenvalue weighted by molar-refractivity contribution is 0.981. The van der Waals surface area contributed by atoms with Gasteiger partial charge in [0.1, 0.15) is 5.82 Å². The lowest BCUT2D eigenvalue weighted by Crippen LogP contribution is -2.03. The highest BCUT2D eigenvalue weighted by atomic mass is 16.1. The zero-order chi connectivity index (χ0) is 9.97. The monoisotopic (exact) mass is 187 g/mol. The zero-order valence-electron chi connectivity index (χ0n) is 7.42. The summed E-state index contributed by atoms with van der Waals surface area (Å²) in [5.41, 5.74) is 6.11. The summed E-state index contributed by atoms with van der Waals surface area (Å²) < 4.78 is 1.75. The second-order valence-electron chi connectivity index (χ2n) is 2.89. The van der Waals surface area contributed by atoms with Crippen LogP contribution in [0.1, 0.15) is 0 Å². The van der Waals surface area contributed by atoms with E-state index in [1.165, 1.54) is 12.1 Å². The van der Waals surface area contributed by atoms with Crippen LogP contribution >= 0.6 is 0 Å². The van der Waals surface area contributed by atoms with Crippen molar-refractivity contribution in [3.05, 3.63) is 53.1 Å². The van der Waals surface area contributed by atoms with Crippen molar-refractivity contribution >= 4 is 5.69 Å². The van der Waals surface area contributed by atoms with Gasteiger partial charge in [0.25, 0.3) is 0 Å². The van der Waals surface area contributed by atoms with Gasteiger partial charge in [0, 0.05) is 24.5 Å². The molecule has 0 fully saturated rings. The summed E-state index contributed by atoms with van der Waals surface area (Å²) in [5.74, 6) is 0.735. The van der Waals surface area contributed by atoms with Crippen LogP contribution in [0.4, 0.5) is 5.69 Å². The molecule has 2 heterocycles. The SMILES string of the molecule is Nc1ccc(-n2ccc(=O)cc2)nc1. The Morgan fingerprint density at radius 3 is 2.43 bits per heavy atom. The van der Waals surface area contributed by atoms with Crippen LogP contribution in [0.25, 0.3) is 5.82 Å². The quantitative estimate of drug-likeness (QED) is 0.718. The zero-order valence-corrected chi connectivity index (χ0v) is 7.42. The number of nitrogens with two attached hydrogens (primary N) is 1. The van der Waals surface area contributed by atoms with E-state index >= 15 is 0 Å². The van der Waals surface area contributed by atoms with E-state index in [1.807, 2.05) is 0 Å². The van der Waals surface area contributed by atoms with E-state index in [-0.39, 0.29) is 5.43 Å². The molecule has 0 amide bonds. The molecule has 70 valence electrons. The predicted molar refractivity (Wildman–Crippen MR) is 54.2 cm³/mol. The van der Waals surface area contributed by atoms with Gasteiger partial charge >= 0.3 is 0 Å². The number of hydrogen-bond donors (Lipinski definition) is 1. The van der Waals surface area contributed by atoms with Gasteiger partial charge in [-0.3, -0.25) is 4.79 Å². The molecule has 0 atom stereocenters. The molecule has 4 nitrogen and oxygen atoms in total. The van der Waals surface area contributed by atoms with Crippen molar-refractivity contribution < 1.29 is 0 Å². The van der Waals surface area contributed by atoms with E-state index in [9.17, 15) is 4.79 Å². The smallest absolute Gasteiger partial charge is 0.181 e. The van der Waals surface area contributed by atoms with Gasteiger partial charge in [-0.2, -0.15) is 0 Å². The highest BCUT2D eigenvalue weighted by molar-refractivity contribution is 5.38. The van der Waals surface area contributed by atoms with E-state index in [0.717, 1.165) is 5.82 Å². The fraction of sp³-hybridized carbons (Fsp3) is 0. The standard InChI is InChI=1S/C10H9N3O/c11-8-1-2-10(12-7-8)13-5-3-9(14)4-6-13/h1-7H,11H2. The summed E-state index contributed by atoms with van der Waals surface area (Å²) in [6.07, 6.45) is 4.91. The number of hydrogen-bond acceptors (Lipinski definition) is 3. The van der Waals surface area contributed by atoms with Gasteiger partial charge in [-0.05, 0) is 12.1 Å². The Kier molecular flexibility index (Phi) is 2.02. The third-order valence-corrected chi connectivity index (χ3v) is 1.83. The topological polar surface area (TPSA) is 60.9 Å². The third kappa shape index (κ3) is 1.64. The van der Waals surface area contributed by atoms with Crippen LogP contribution in [-0.2, 0) is 0 Å². The summed E-state index contributed by atoms with van der Waals surface area (Å²) in [5, 5.41) is 0. The van der Waals surface area contributed by atoms with Crippen molar-refractivity contribution in [1.82, 2.24) is 9.55 Å². The summed E-state index contributed by atoms with van der Waals surface area (Å²) in [4.78, 5) is 15.0. The Labute approximate surface area is 80.6 Å². The molecule has 2 aromatic heterocycles. The molecule has 0 saturated carbocycles. The minimum absolute atomic E-state index is 0.0169. The van der Waals surface area contributed by atoms with Crippen LogP contribution in [0.5, 0.6) is 0 Å². The summed E-state index contributed by atoms with van der Waals surface area (Å²) >= 11 is 0. The summed E-state index contributed by atoms with van der Waals surface area (Å²) in [7, 11) is 0. The van der Waals surface area contributed by atoms with Gasteiger partial charge in [0.2, 0.25) is 0 Å². The van der Waals surface area contributed by atoms with Gasteiger partial charge in [0.05, 0.1) is 11.9 Å². The molecule has 0 spiro atoms. The second kappa shape index (κ2) is 3.33. The first kappa shape index (κ1) is 8.50. The largest absolute Gasteiger partial charge is 0.397 e. The number of rotatable bonds is 1. The molecule has 0 aliphatic rings. The number of pyridine rings is 2. The van der Waals surface area contributed by atoms with Crippen molar-refractivity contribution in [1.29, 1.82) is 0 Å². The average molecular weight is 187 g/mol. The van der Waals surface area contributed by atoms with Crippen LogP contribution in [0.15, 0.2) is 47.7 Å². The maximum absolute atomic E-state index is 10.9. The van der Waals surface area contributed by atoms with Crippen LogP contribution < -0.4 is 11.2 Å². The van der Waals surface area contributed by atoms with Crippen molar-refractivity contribution in [3.63, 3.8) is 0 Å². The molecule has 14 heavy (non-hydrogen) atoms. The third-order valence-electron chi connectivity index (χ3n) is 1.83. The molecule has 2 rings (SSSR count). The number of anilines is 1. The lowest BCUT2D eigenvalue weighted by Gasteiger charge is -2.03. The first-order valence-electron chi connectivity index (χ1n) is 4.16. The second-order valence-corrected chi connectivity index (χ2v) is 2.89. The summed E-state index contributed by atoms with van der Waals surface area (Å²) in [6.45, 7) is 0. The van der Waals surface area contributed by atoms with Gasteiger partial charge in [0.15, 0.2) is 5.43 Å². The fourth-order valence-corrected chi connectivity index (χ4v) is 1.12. The molecular weight excluding hydrogens is 178 g/mol. The van der Waals surface area contributed by atoms with Crippen LogP contribution in [-0.4, -0.2) is 9.55 Å². The lowest BCUT2D eigenvalue weighted by atomic mass is 10.4. The molecular formula is C10H9N3O. The maximum atomic E-state index is 10.9. The predicted octanol–water partition coefficient (Wildman–Crippen LogP) is 0.815. The molecule has 0 aliphatic carbocycles. The van der Waals surface area contributed by atoms with Crippen LogP contribution in [0, 0.1) is 0 Å². The van der Waals surface area contributed by atoms with E-state index in [2.05, 4.69) is 4.98 Å². The molecule has 0 bridgehead atoms. The minimum Gasteiger partial charge on any atom is -0.397 e. The molecule has 0 aromatic carbocycles. The van der Waals surface area contributed by atoms with Crippen LogP contribution in [0.3, 0.4) is 0 Å². The Morgan fingerprint density at radius 1 is 1.14 bits per heavy atom. The highest BCUT2D eigenvalue weighted by Crippen LogP contribution is 2.04. The van der Waals surface area contributed by atoms with E-state index in [4.69, 9.17) is 5.73 Å². The minimum atomic E-state index is -0.0169. The van der Waals surface area contributed by atoms with Crippen LogP contribution in [0.2, 0.25) is 0 Å². The first-order chi connectivity index (χ1) is 6.75. The molecule has 2 aromatic rings. The molecule has 0 unspecified atom stereocenters. The highest BCUT2D eigenvalue weighted by Gasteiger charge is 1.94. The molecule has 0 aliphatic heterocycles. The van der Waals surface area contributed by atoms with Gasteiger partial charge in [-0.1, -0.05) is 0 Å². The number of nitrogens with zero attached hydrogens (tertiary/aromatic N) is 2. The number of nitrogen functional groups attached to an aromatic ring is 1. The molecule has 2 N–H and O–H groups in total. The molecule has 0 saturated heterocycles. The normalized spacial score (nSPS) is 10.0. The Balaban J connectivity index is 2.44. The molecule has 0 radical (unpaired) electrons. The maximum Gasteiger partial charge on any atom is 0.181 e. The van der Waals surface area contributed by atoms with Crippen molar-refractivity contribution in [2.24, 2.45) is 0 Å². The Bertz CT molecular complexity index is 467. The van der Waals surface area contributed by atoms with Gasteiger partial charge < -0.3 is 10.3 Å². The van der Waals surface area contributed by atoms with Crippen molar-refractivity contribution in [3.8, 4) is 5.82 Å². The van der Waals surface area contributed by atoms with Gasteiger partial charge in [-0.15, -0.1) is 0 Å². The summed E-state index contributed by atoms with van der Waals surface area (Å²) in [6, 6.07) is 6.52. The Hall–Kier alpha value is -2.10. The van der Waals surface area contributed by atoms with E-state index in [1.54, 1.807) is 35.3 Å². The average Bonchev–Trinajstić information content (AvgIpc) is 2.21.